The van der Waals surface area contributed by atoms with Gasteiger partial charge in [-0.2, -0.15) is 0 Å². The van der Waals surface area contributed by atoms with Crippen molar-refractivity contribution in [3.8, 4) is 0 Å². The van der Waals surface area contributed by atoms with E-state index in [0.717, 1.165) is 42.5 Å². The van der Waals surface area contributed by atoms with E-state index >= 15 is 0 Å². The maximum Gasteiger partial charge on any atom is 0.227 e. The summed E-state index contributed by atoms with van der Waals surface area (Å²) in [6.07, 6.45) is 3.84. The minimum absolute atomic E-state index is 0.0599. The van der Waals surface area contributed by atoms with Gasteiger partial charge in [0.1, 0.15) is 4.99 Å². The number of benzene rings is 1. The molecule has 0 radical (unpaired) electrons. The van der Waals surface area contributed by atoms with Gasteiger partial charge in [-0.3, -0.25) is 4.79 Å². The fourth-order valence-electron chi connectivity index (χ4n) is 2.44. The Morgan fingerprint density at radius 1 is 1.30 bits per heavy atom. The number of thiocarbonyl (C=S) groups is 1. The highest BCUT2D eigenvalue weighted by Gasteiger charge is 2.18. The molecule has 0 aliphatic heterocycles. The normalized spacial score (nSPS) is 10.6. The van der Waals surface area contributed by atoms with Gasteiger partial charge in [-0.05, 0) is 31.4 Å². The van der Waals surface area contributed by atoms with Crippen molar-refractivity contribution in [3.05, 3.63) is 29.3 Å². The number of amides is 1. The van der Waals surface area contributed by atoms with Gasteiger partial charge in [-0.25, -0.2) is 0 Å². The van der Waals surface area contributed by atoms with Crippen molar-refractivity contribution >= 4 is 28.8 Å². The molecule has 0 heterocycles. The van der Waals surface area contributed by atoms with Crippen molar-refractivity contribution in [1.82, 2.24) is 0 Å². The highest BCUT2D eigenvalue weighted by atomic mass is 32.1. The Morgan fingerprint density at radius 3 is 2.40 bits per heavy atom. The molecule has 0 saturated heterocycles. The molecule has 0 aliphatic rings. The van der Waals surface area contributed by atoms with E-state index in [9.17, 15) is 4.79 Å². The summed E-state index contributed by atoms with van der Waals surface area (Å²) in [6.45, 7) is 6.14. The topological polar surface area (TPSA) is 55.1 Å². The smallest absolute Gasteiger partial charge is 0.227 e. The van der Waals surface area contributed by atoms with Crippen LogP contribution in [0.5, 0.6) is 0 Å². The van der Waals surface area contributed by atoms with Crippen molar-refractivity contribution in [2.45, 2.75) is 46.5 Å². The second-order valence-corrected chi connectivity index (χ2v) is 5.57. The molecule has 1 aromatic rings. The molecule has 0 atom stereocenters. The van der Waals surface area contributed by atoms with E-state index in [1.54, 1.807) is 0 Å². The molecule has 0 fully saturated rings. The predicted octanol–water partition coefficient (Wildman–Crippen LogP) is 3.78. The Bertz CT molecular complexity index is 479. The van der Waals surface area contributed by atoms with Gasteiger partial charge in [0.2, 0.25) is 5.91 Å². The third kappa shape index (κ3) is 4.30. The number of aryl methyl sites for hydroxylation is 1. The summed E-state index contributed by atoms with van der Waals surface area (Å²) in [5, 5.41) is 3.00. The molecule has 110 valence electrons. The molecule has 0 aromatic heterocycles. The number of hydrogen-bond donors (Lipinski definition) is 2. The van der Waals surface area contributed by atoms with Gasteiger partial charge in [0, 0.05) is 11.5 Å². The van der Waals surface area contributed by atoms with Gasteiger partial charge in [-0.15, -0.1) is 0 Å². The van der Waals surface area contributed by atoms with Crippen LogP contribution in [0, 0.1) is 12.8 Å². The van der Waals surface area contributed by atoms with Gasteiger partial charge >= 0.3 is 0 Å². The van der Waals surface area contributed by atoms with E-state index in [-0.39, 0.29) is 11.8 Å². The highest BCUT2D eigenvalue weighted by Crippen LogP contribution is 2.22. The van der Waals surface area contributed by atoms with Crippen LogP contribution < -0.4 is 11.1 Å². The monoisotopic (exact) mass is 292 g/mol. The van der Waals surface area contributed by atoms with Crippen LogP contribution in [-0.2, 0) is 4.79 Å². The largest absolute Gasteiger partial charge is 0.389 e. The van der Waals surface area contributed by atoms with Crippen LogP contribution in [0.3, 0.4) is 0 Å². The molecule has 0 aliphatic carbocycles. The van der Waals surface area contributed by atoms with Crippen molar-refractivity contribution in [3.63, 3.8) is 0 Å². The van der Waals surface area contributed by atoms with Crippen molar-refractivity contribution < 1.29 is 4.79 Å². The van der Waals surface area contributed by atoms with Crippen LogP contribution >= 0.6 is 12.2 Å². The van der Waals surface area contributed by atoms with Crippen molar-refractivity contribution in [2.24, 2.45) is 11.7 Å². The lowest BCUT2D eigenvalue weighted by molar-refractivity contribution is -0.120. The van der Waals surface area contributed by atoms with E-state index in [1.165, 1.54) is 0 Å². The third-order valence-electron chi connectivity index (χ3n) is 3.42. The van der Waals surface area contributed by atoms with E-state index in [4.69, 9.17) is 18.0 Å². The number of nitrogens with two attached hydrogens (primary N) is 1. The molecular formula is C16H24N2OS. The van der Waals surface area contributed by atoms with Crippen LogP contribution in [0.25, 0.3) is 0 Å². The van der Waals surface area contributed by atoms with Gasteiger partial charge in [-0.1, -0.05) is 51.0 Å². The Kier molecular flexibility index (Phi) is 6.65. The SMILES string of the molecule is CCCC(CCC)C(=O)Nc1cccc(C)c1C(N)=S. The summed E-state index contributed by atoms with van der Waals surface area (Å²) >= 11 is 5.08. The Morgan fingerprint density at radius 2 is 1.90 bits per heavy atom. The highest BCUT2D eigenvalue weighted by molar-refractivity contribution is 7.80. The van der Waals surface area contributed by atoms with E-state index in [0.29, 0.717) is 4.99 Å². The van der Waals surface area contributed by atoms with Gasteiger partial charge in [0.25, 0.3) is 0 Å². The summed E-state index contributed by atoms with van der Waals surface area (Å²) in [5.74, 6) is 0.126. The molecule has 0 bridgehead atoms. The molecule has 0 spiro atoms. The average Bonchev–Trinajstić information content (AvgIpc) is 2.38. The zero-order valence-corrected chi connectivity index (χ0v) is 13.3. The second-order valence-electron chi connectivity index (χ2n) is 5.13. The Labute approximate surface area is 126 Å². The van der Waals surface area contributed by atoms with Gasteiger partial charge in [0.05, 0.1) is 5.69 Å². The first-order chi connectivity index (χ1) is 9.51. The van der Waals surface area contributed by atoms with Gasteiger partial charge < -0.3 is 11.1 Å². The number of carbonyl (C=O) groups is 1. The molecule has 1 amide bonds. The number of hydrogen-bond acceptors (Lipinski definition) is 2. The van der Waals surface area contributed by atoms with Crippen molar-refractivity contribution in [1.29, 1.82) is 0 Å². The molecule has 20 heavy (non-hydrogen) atoms. The molecule has 4 heteroatoms. The molecular weight excluding hydrogens is 268 g/mol. The molecule has 1 rings (SSSR count). The number of anilines is 1. The molecule has 3 N–H and O–H groups in total. The molecule has 0 saturated carbocycles. The quantitative estimate of drug-likeness (QED) is 0.752. The third-order valence-corrected chi connectivity index (χ3v) is 3.63. The second kappa shape index (κ2) is 8.00. The first-order valence-corrected chi connectivity index (χ1v) is 7.62. The summed E-state index contributed by atoms with van der Waals surface area (Å²) < 4.78 is 0. The minimum atomic E-state index is 0.0599. The molecule has 0 unspecified atom stereocenters. The zero-order valence-electron chi connectivity index (χ0n) is 12.5. The van der Waals surface area contributed by atoms with E-state index in [2.05, 4.69) is 19.2 Å². The number of rotatable bonds is 7. The van der Waals surface area contributed by atoms with Crippen molar-refractivity contribution in [2.75, 3.05) is 5.32 Å². The summed E-state index contributed by atoms with van der Waals surface area (Å²) in [4.78, 5) is 12.7. The van der Waals surface area contributed by atoms with Crippen LogP contribution in [0.2, 0.25) is 0 Å². The van der Waals surface area contributed by atoms with E-state index < -0.39 is 0 Å². The zero-order chi connectivity index (χ0) is 15.1. The van der Waals surface area contributed by atoms with E-state index in [1.807, 2.05) is 25.1 Å². The maximum absolute atomic E-state index is 12.4. The molecule has 3 nitrogen and oxygen atoms in total. The fourth-order valence-corrected chi connectivity index (χ4v) is 2.71. The Hall–Kier alpha value is -1.42. The lowest BCUT2D eigenvalue weighted by Crippen LogP contribution is -2.25. The number of nitrogens with one attached hydrogen (secondary N) is 1. The first-order valence-electron chi connectivity index (χ1n) is 7.21. The first kappa shape index (κ1) is 16.6. The van der Waals surface area contributed by atoms with Gasteiger partial charge in [0.15, 0.2) is 0 Å². The van der Waals surface area contributed by atoms with Crippen LogP contribution in [0.15, 0.2) is 18.2 Å². The number of carbonyl (C=O) groups excluding carboxylic acids is 1. The van der Waals surface area contributed by atoms with Crippen LogP contribution in [0.4, 0.5) is 5.69 Å². The summed E-state index contributed by atoms with van der Waals surface area (Å²) in [7, 11) is 0. The molecule has 1 aromatic carbocycles. The summed E-state index contributed by atoms with van der Waals surface area (Å²) in [6, 6.07) is 5.70. The lowest BCUT2D eigenvalue weighted by atomic mass is 9.97. The van der Waals surface area contributed by atoms with Crippen LogP contribution in [-0.4, -0.2) is 10.9 Å². The average molecular weight is 292 g/mol. The fraction of sp³-hybridized carbons (Fsp3) is 0.500. The maximum atomic E-state index is 12.4. The predicted molar refractivity (Wildman–Crippen MR) is 89.0 cm³/mol. The minimum Gasteiger partial charge on any atom is -0.389 e. The Balaban J connectivity index is 2.94. The lowest BCUT2D eigenvalue weighted by Gasteiger charge is -2.18. The standard InChI is InChI=1S/C16H24N2OS/c1-4-7-12(8-5-2)16(19)18-13-10-6-9-11(3)14(13)15(17)20/h6,9-10,12H,4-5,7-8H2,1-3H3,(H2,17,20)(H,18,19). The summed E-state index contributed by atoms with van der Waals surface area (Å²) in [5.41, 5.74) is 8.24. The van der Waals surface area contributed by atoms with Crippen LogP contribution in [0.1, 0.15) is 50.7 Å².